The molecule has 1 heterocycles. The molecule has 140 valence electrons. The van der Waals surface area contributed by atoms with Crippen molar-refractivity contribution in [1.29, 1.82) is 0 Å². The van der Waals surface area contributed by atoms with Gasteiger partial charge in [-0.15, -0.1) is 0 Å². The number of amides is 1. The highest BCUT2D eigenvalue weighted by Gasteiger charge is 2.33. The van der Waals surface area contributed by atoms with Gasteiger partial charge in [-0.25, -0.2) is 4.68 Å². The topological polar surface area (TPSA) is 84.2 Å². The molecule has 0 unspecified atom stereocenters. The summed E-state index contributed by atoms with van der Waals surface area (Å²) in [5.74, 6) is -1.20. The summed E-state index contributed by atoms with van der Waals surface area (Å²) in [6.07, 6.45) is -1.38. The van der Waals surface area contributed by atoms with Gasteiger partial charge in [0.05, 0.1) is 5.69 Å². The number of carboxylic acids is 1. The van der Waals surface area contributed by atoms with Crippen molar-refractivity contribution in [3.63, 3.8) is 0 Å². The molecule has 0 bridgehead atoms. The first kappa shape index (κ1) is 19.5. The highest BCUT2D eigenvalue weighted by Crippen LogP contribution is 2.27. The Morgan fingerprint density at radius 1 is 1.15 bits per heavy atom. The number of carbonyl (C=O) groups is 2. The molecule has 0 saturated heterocycles. The van der Waals surface area contributed by atoms with E-state index in [9.17, 15) is 22.8 Å². The second kappa shape index (κ2) is 8.50. The molecule has 0 fully saturated rings. The lowest BCUT2D eigenvalue weighted by Gasteiger charge is -2.07. The van der Waals surface area contributed by atoms with Crippen molar-refractivity contribution in [3.8, 4) is 5.69 Å². The molecule has 2 rings (SSSR count). The Labute approximate surface area is 147 Å². The summed E-state index contributed by atoms with van der Waals surface area (Å²) in [6.45, 7) is 0.392. The minimum Gasteiger partial charge on any atom is -0.481 e. The molecule has 26 heavy (non-hydrogen) atoms. The number of aromatic nitrogens is 2. The molecule has 0 aliphatic heterocycles. The largest absolute Gasteiger partial charge is 0.481 e. The zero-order valence-corrected chi connectivity index (χ0v) is 13.8. The predicted octanol–water partition coefficient (Wildman–Crippen LogP) is 3.27. The Balaban J connectivity index is 1.93. The van der Waals surface area contributed by atoms with Gasteiger partial charge in [0.25, 0.3) is 5.91 Å². The fraction of sp³-hybridized carbons (Fsp3) is 0.353. The number of hydrogen-bond donors (Lipinski definition) is 2. The Hall–Kier alpha value is -2.84. The van der Waals surface area contributed by atoms with E-state index in [1.165, 1.54) is 12.3 Å². The van der Waals surface area contributed by atoms with Crippen molar-refractivity contribution >= 4 is 11.9 Å². The van der Waals surface area contributed by atoms with E-state index in [0.29, 0.717) is 37.1 Å². The van der Waals surface area contributed by atoms with Crippen LogP contribution in [0.3, 0.4) is 0 Å². The SMILES string of the molecule is O=C(O)CCCCCNC(=O)c1cccc(-n2ccc(C(F)(F)F)n2)c1. The first-order valence-electron chi connectivity index (χ1n) is 8.00. The van der Waals surface area contributed by atoms with Gasteiger partial charge in [0, 0.05) is 24.7 Å². The van der Waals surface area contributed by atoms with Gasteiger partial charge in [0.2, 0.25) is 0 Å². The Bertz CT molecular complexity index is 772. The molecule has 6 nitrogen and oxygen atoms in total. The number of nitrogens with one attached hydrogen (secondary N) is 1. The van der Waals surface area contributed by atoms with Gasteiger partial charge in [-0.1, -0.05) is 12.5 Å². The lowest BCUT2D eigenvalue weighted by Crippen LogP contribution is -2.24. The molecule has 0 aliphatic carbocycles. The predicted molar refractivity (Wildman–Crippen MR) is 87.0 cm³/mol. The number of halogens is 3. The average Bonchev–Trinajstić information content (AvgIpc) is 3.08. The average molecular weight is 369 g/mol. The molecule has 2 aromatic rings. The van der Waals surface area contributed by atoms with Gasteiger partial charge in [0.15, 0.2) is 5.69 Å². The van der Waals surface area contributed by atoms with Crippen LogP contribution in [0.15, 0.2) is 36.5 Å². The Kier molecular flexibility index (Phi) is 6.37. The van der Waals surface area contributed by atoms with E-state index in [1.807, 2.05) is 0 Å². The fourth-order valence-electron chi connectivity index (χ4n) is 2.29. The van der Waals surface area contributed by atoms with Crippen LogP contribution < -0.4 is 5.32 Å². The van der Waals surface area contributed by atoms with E-state index in [0.717, 1.165) is 10.7 Å². The third-order valence-corrected chi connectivity index (χ3v) is 3.61. The van der Waals surface area contributed by atoms with E-state index in [1.54, 1.807) is 18.2 Å². The lowest BCUT2D eigenvalue weighted by atomic mass is 10.1. The van der Waals surface area contributed by atoms with E-state index in [2.05, 4.69) is 10.4 Å². The molecule has 0 spiro atoms. The summed E-state index contributed by atoms with van der Waals surface area (Å²) in [6, 6.07) is 6.98. The van der Waals surface area contributed by atoms with Crippen molar-refractivity contribution in [3.05, 3.63) is 47.8 Å². The Morgan fingerprint density at radius 2 is 1.92 bits per heavy atom. The van der Waals surface area contributed by atoms with Crippen molar-refractivity contribution in [2.75, 3.05) is 6.54 Å². The van der Waals surface area contributed by atoms with Crippen LogP contribution in [0.5, 0.6) is 0 Å². The number of hydrogen-bond acceptors (Lipinski definition) is 3. The molecule has 0 radical (unpaired) electrons. The molecular formula is C17H18F3N3O3. The van der Waals surface area contributed by atoms with Gasteiger partial charge in [-0.3, -0.25) is 9.59 Å². The number of carbonyl (C=O) groups excluding carboxylic acids is 1. The summed E-state index contributed by atoms with van der Waals surface area (Å²) in [4.78, 5) is 22.5. The summed E-state index contributed by atoms with van der Waals surface area (Å²) < 4.78 is 38.9. The number of nitrogens with zero attached hydrogens (tertiary/aromatic N) is 2. The molecule has 0 aliphatic rings. The van der Waals surface area contributed by atoms with Crippen molar-refractivity contribution in [2.45, 2.75) is 31.9 Å². The first-order valence-corrected chi connectivity index (χ1v) is 8.00. The first-order chi connectivity index (χ1) is 12.3. The van der Waals surface area contributed by atoms with E-state index < -0.39 is 17.8 Å². The van der Waals surface area contributed by atoms with E-state index in [4.69, 9.17) is 5.11 Å². The number of carboxylic acid groups (broad SMARTS) is 1. The third kappa shape index (κ3) is 5.61. The van der Waals surface area contributed by atoms with Crippen molar-refractivity contribution in [1.82, 2.24) is 15.1 Å². The normalized spacial score (nSPS) is 11.3. The number of benzene rings is 1. The van der Waals surface area contributed by atoms with Gasteiger partial charge >= 0.3 is 12.1 Å². The molecule has 1 aromatic heterocycles. The van der Waals surface area contributed by atoms with Gasteiger partial charge in [0.1, 0.15) is 0 Å². The van der Waals surface area contributed by atoms with Gasteiger partial charge in [-0.2, -0.15) is 18.3 Å². The van der Waals surface area contributed by atoms with E-state index in [-0.39, 0.29) is 12.3 Å². The van der Waals surface area contributed by atoms with Crippen LogP contribution in [0.2, 0.25) is 0 Å². The maximum Gasteiger partial charge on any atom is 0.435 e. The molecule has 1 aromatic carbocycles. The van der Waals surface area contributed by atoms with Crippen LogP contribution in [0.25, 0.3) is 5.69 Å². The zero-order chi connectivity index (χ0) is 19.2. The fourth-order valence-corrected chi connectivity index (χ4v) is 2.29. The standard InChI is InChI=1S/C17H18F3N3O3/c18-17(19,20)14-8-10-23(22-14)13-6-4-5-12(11-13)16(26)21-9-3-1-2-7-15(24)25/h4-6,8,10-11H,1-3,7,9H2,(H,21,26)(H,24,25). The van der Waals surface area contributed by atoms with Gasteiger partial charge in [-0.05, 0) is 37.1 Å². The van der Waals surface area contributed by atoms with Crippen molar-refractivity contribution < 1.29 is 27.9 Å². The summed E-state index contributed by atoms with van der Waals surface area (Å²) >= 11 is 0. The van der Waals surface area contributed by atoms with E-state index >= 15 is 0 Å². The molecular weight excluding hydrogens is 351 g/mol. The highest BCUT2D eigenvalue weighted by molar-refractivity contribution is 5.94. The maximum atomic E-state index is 12.6. The van der Waals surface area contributed by atoms with Gasteiger partial charge < -0.3 is 10.4 Å². The van der Waals surface area contributed by atoms with Crippen LogP contribution in [0, 0.1) is 0 Å². The van der Waals surface area contributed by atoms with Crippen LogP contribution in [-0.4, -0.2) is 33.3 Å². The maximum absolute atomic E-state index is 12.6. The number of rotatable bonds is 8. The quantitative estimate of drug-likeness (QED) is 0.700. The summed E-state index contributed by atoms with van der Waals surface area (Å²) in [5, 5.41) is 14.7. The second-order valence-corrected chi connectivity index (χ2v) is 5.65. The molecule has 2 N–H and O–H groups in total. The third-order valence-electron chi connectivity index (χ3n) is 3.61. The summed E-state index contributed by atoms with van der Waals surface area (Å²) in [7, 11) is 0. The minimum atomic E-state index is -4.53. The molecule has 1 amide bonds. The lowest BCUT2D eigenvalue weighted by molar-refractivity contribution is -0.141. The molecule has 0 atom stereocenters. The zero-order valence-electron chi connectivity index (χ0n) is 13.8. The highest BCUT2D eigenvalue weighted by atomic mass is 19.4. The monoisotopic (exact) mass is 369 g/mol. The van der Waals surface area contributed by atoms with Crippen molar-refractivity contribution in [2.24, 2.45) is 0 Å². The number of unbranched alkanes of at least 4 members (excludes halogenated alkanes) is 2. The Morgan fingerprint density at radius 3 is 2.58 bits per heavy atom. The number of aliphatic carboxylic acids is 1. The molecule has 0 saturated carbocycles. The van der Waals surface area contributed by atoms with Crippen LogP contribution in [-0.2, 0) is 11.0 Å². The minimum absolute atomic E-state index is 0.0970. The second-order valence-electron chi connectivity index (χ2n) is 5.65. The molecule has 9 heteroatoms. The number of alkyl halides is 3. The van der Waals surface area contributed by atoms with Crippen LogP contribution >= 0.6 is 0 Å². The van der Waals surface area contributed by atoms with Crippen LogP contribution in [0.1, 0.15) is 41.7 Å². The summed E-state index contributed by atoms with van der Waals surface area (Å²) in [5.41, 5.74) is -0.361. The smallest absolute Gasteiger partial charge is 0.435 e. The van der Waals surface area contributed by atoms with Crippen LogP contribution in [0.4, 0.5) is 13.2 Å².